The molecule has 4 nitrogen and oxygen atoms in total. The number of amides is 2. The van der Waals surface area contributed by atoms with Crippen LogP contribution in [0, 0.1) is 0 Å². The number of nitrogens with one attached hydrogen (secondary N) is 1. The van der Waals surface area contributed by atoms with Crippen molar-refractivity contribution in [2.45, 2.75) is 0 Å². The molecule has 0 fully saturated rings. The molecule has 0 unspecified atom stereocenters. The summed E-state index contributed by atoms with van der Waals surface area (Å²) in [5.41, 5.74) is 0.829. The highest BCUT2D eigenvalue weighted by molar-refractivity contribution is 6.30. The van der Waals surface area contributed by atoms with Gasteiger partial charge >= 0.3 is 0 Å². The summed E-state index contributed by atoms with van der Waals surface area (Å²) in [5.74, 6) is -1.40. The van der Waals surface area contributed by atoms with Crippen LogP contribution in [0.15, 0.2) is 54.6 Å². The predicted molar refractivity (Wildman–Crippen MR) is 81.1 cm³/mol. The second-order valence-corrected chi connectivity index (χ2v) is 4.66. The van der Waals surface area contributed by atoms with E-state index in [-0.39, 0.29) is 11.3 Å². The Balaban J connectivity index is 2.00. The van der Waals surface area contributed by atoms with Gasteiger partial charge in [-0.3, -0.25) is 14.9 Å². The van der Waals surface area contributed by atoms with Crippen LogP contribution in [-0.4, -0.2) is 16.9 Å². The van der Waals surface area contributed by atoms with Gasteiger partial charge in [-0.1, -0.05) is 35.9 Å². The highest BCUT2D eigenvalue weighted by atomic mass is 35.5. The Hall–Kier alpha value is -2.59. The van der Waals surface area contributed by atoms with Crippen LogP contribution in [-0.2, 0) is 4.79 Å². The van der Waals surface area contributed by atoms with Gasteiger partial charge in [-0.05, 0) is 35.9 Å². The average Bonchev–Trinajstić information content (AvgIpc) is 2.47. The van der Waals surface area contributed by atoms with E-state index in [2.05, 4.69) is 5.32 Å². The molecule has 0 aromatic heterocycles. The molecule has 2 aromatic rings. The highest BCUT2D eigenvalue weighted by Crippen LogP contribution is 2.15. The zero-order valence-electron chi connectivity index (χ0n) is 10.9. The van der Waals surface area contributed by atoms with Crippen molar-refractivity contribution in [2.75, 3.05) is 0 Å². The fourth-order valence-corrected chi connectivity index (χ4v) is 1.76. The SMILES string of the molecule is O=C(C=Cc1ccc(Cl)cc1)NC(=O)c1ccccc1O. The molecule has 5 heteroatoms. The van der Waals surface area contributed by atoms with E-state index in [0.717, 1.165) is 5.56 Å². The van der Waals surface area contributed by atoms with Crippen molar-refractivity contribution >= 4 is 29.5 Å². The first-order chi connectivity index (χ1) is 10.1. The third-order valence-electron chi connectivity index (χ3n) is 2.68. The van der Waals surface area contributed by atoms with Crippen LogP contribution in [0.4, 0.5) is 0 Å². The number of para-hydroxylation sites is 1. The molecule has 2 aromatic carbocycles. The van der Waals surface area contributed by atoms with E-state index in [9.17, 15) is 14.7 Å². The molecule has 0 spiro atoms. The van der Waals surface area contributed by atoms with Crippen molar-refractivity contribution in [1.29, 1.82) is 0 Å². The molecule has 2 rings (SSSR count). The van der Waals surface area contributed by atoms with E-state index < -0.39 is 11.8 Å². The number of hydrogen-bond acceptors (Lipinski definition) is 3. The van der Waals surface area contributed by atoms with Gasteiger partial charge < -0.3 is 5.11 Å². The summed E-state index contributed by atoms with van der Waals surface area (Å²) >= 11 is 5.75. The third-order valence-corrected chi connectivity index (χ3v) is 2.93. The lowest BCUT2D eigenvalue weighted by Gasteiger charge is -2.03. The van der Waals surface area contributed by atoms with Gasteiger partial charge in [0, 0.05) is 11.1 Å². The topological polar surface area (TPSA) is 66.4 Å². The van der Waals surface area contributed by atoms with Crippen molar-refractivity contribution in [3.8, 4) is 5.75 Å². The highest BCUT2D eigenvalue weighted by Gasteiger charge is 2.11. The number of phenolic OH excluding ortho intramolecular Hbond substituents is 1. The van der Waals surface area contributed by atoms with Crippen LogP contribution in [0.2, 0.25) is 5.02 Å². The van der Waals surface area contributed by atoms with Gasteiger partial charge in [-0.2, -0.15) is 0 Å². The first-order valence-corrected chi connectivity index (χ1v) is 6.51. The summed E-state index contributed by atoms with van der Waals surface area (Å²) in [7, 11) is 0. The molecule has 0 atom stereocenters. The lowest BCUT2D eigenvalue weighted by Crippen LogP contribution is -2.28. The smallest absolute Gasteiger partial charge is 0.261 e. The Kier molecular flexibility index (Phi) is 4.74. The summed E-state index contributed by atoms with van der Waals surface area (Å²) in [6.07, 6.45) is 2.80. The van der Waals surface area contributed by atoms with Crippen LogP contribution in [0.5, 0.6) is 5.75 Å². The fourth-order valence-electron chi connectivity index (χ4n) is 1.63. The number of benzene rings is 2. The van der Waals surface area contributed by atoms with Gasteiger partial charge in [0.15, 0.2) is 0 Å². The number of halogens is 1. The minimum Gasteiger partial charge on any atom is -0.507 e. The van der Waals surface area contributed by atoms with Crippen LogP contribution in [0.3, 0.4) is 0 Å². The van der Waals surface area contributed by atoms with Crippen molar-refractivity contribution in [1.82, 2.24) is 5.32 Å². The maximum atomic E-state index is 11.8. The van der Waals surface area contributed by atoms with Gasteiger partial charge in [-0.15, -0.1) is 0 Å². The van der Waals surface area contributed by atoms with E-state index >= 15 is 0 Å². The minimum absolute atomic E-state index is 0.0470. The maximum Gasteiger partial charge on any atom is 0.261 e. The number of phenols is 1. The van der Waals surface area contributed by atoms with E-state index in [1.54, 1.807) is 42.5 Å². The zero-order valence-corrected chi connectivity index (χ0v) is 11.7. The molecule has 2 amide bonds. The van der Waals surface area contributed by atoms with Gasteiger partial charge in [0.25, 0.3) is 11.8 Å². The van der Waals surface area contributed by atoms with Crippen LogP contribution >= 0.6 is 11.6 Å². The molecule has 21 heavy (non-hydrogen) atoms. The van der Waals surface area contributed by atoms with E-state index in [1.165, 1.54) is 18.2 Å². The zero-order chi connectivity index (χ0) is 15.2. The second-order valence-electron chi connectivity index (χ2n) is 4.22. The summed E-state index contributed by atoms with van der Waals surface area (Å²) < 4.78 is 0. The summed E-state index contributed by atoms with van der Waals surface area (Å²) in [6.45, 7) is 0. The quantitative estimate of drug-likeness (QED) is 0.856. The largest absolute Gasteiger partial charge is 0.507 e. The van der Waals surface area contributed by atoms with Crippen LogP contribution < -0.4 is 5.32 Å². The van der Waals surface area contributed by atoms with E-state index in [4.69, 9.17) is 11.6 Å². The molecule has 0 bridgehead atoms. The Morgan fingerprint density at radius 2 is 1.71 bits per heavy atom. The maximum absolute atomic E-state index is 11.8. The predicted octanol–water partition coefficient (Wildman–Crippen LogP) is 3.02. The minimum atomic E-state index is -0.654. The first kappa shape index (κ1) is 14.8. The number of carbonyl (C=O) groups is 2. The average molecular weight is 302 g/mol. The molecular formula is C16H12ClNO3. The van der Waals surface area contributed by atoms with Gasteiger partial charge in [-0.25, -0.2) is 0 Å². The lowest BCUT2D eigenvalue weighted by atomic mass is 10.2. The monoisotopic (exact) mass is 301 g/mol. The van der Waals surface area contributed by atoms with Gasteiger partial charge in [0.2, 0.25) is 0 Å². The Morgan fingerprint density at radius 3 is 2.38 bits per heavy atom. The lowest BCUT2D eigenvalue weighted by molar-refractivity contribution is -0.115. The third kappa shape index (κ3) is 4.19. The molecule has 0 aliphatic heterocycles. The second kappa shape index (κ2) is 6.72. The number of aromatic hydroxyl groups is 1. The van der Waals surface area contributed by atoms with Gasteiger partial charge in [0.1, 0.15) is 5.75 Å². The first-order valence-electron chi connectivity index (χ1n) is 6.13. The van der Waals surface area contributed by atoms with Crippen LogP contribution in [0.1, 0.15) is 15.9 Å². The number of imide groups is 1. The standard InChI is InChI=1S/C16H12ClNO3/c17-12-8-5-11(6-9-12)7-10-15(20)18-16(21)13-3-1-2-4-14(13)19/h1-10,19H,(H,18,20,21). The van der Waals surface area contributed by atoms with Crippen molar-refractivity contribution in [2.24, 2.45) is 0 Å². The molecule has 0 aliphatic carbocycles. The molecule has 0 saturated carbocycles. The molecule has 2 N–H and O–H groups in total. The van der Waals surface area contributed by atoms with E-state index in [1.807, 2.05) is 0 Å². The number of carbonyl (C=O) groups excluding carboxylic acids is 2. The summed E-state index contributed by atoms with van der Waals surface area (Å²) in [4.78, 5) is 23.4. The van der Waals surface area contributed by atoms with Gasteiger partial charge in [0.05, 0.1) is 5.56 Å². The number of rotatable bonds is 3. The summed E-state index contributed by atoms with van der Waals surface area (Å²) in [5, 5.41) is 12.3. The van der Waals surface area contributed by atoms with E-state index in [0.29, 0.717) is 5.02 Å². The van der Waals surface area contributed by atoms with Crippen LogP contribution in [0.25, 0.3) is 6.08 Å². The molecule has 0 heterocycles. The molecule has 106 valence electrons. The van der Waals surface area contributed by atoms with Crippen molar-refractivity contribution in [3.63, 3.8) is 0 Å². The van der Waals surface area contributed by atoms with Crippen molar-refractivity contribution < 1.29 is 14.7 Å². The number of hydrogen-bond donors (Lipinski definition) is 2. The normalized spacial score (nSPS) is 10.5. The van der Waals surface area contributed by atoms with Crippen molar-refractivity contribution in [3.05, 3.63) is 70.8 Å². The molecule has 0 radical (unpaired) electrons. The molecule has 0 saturated heterocycles. The Bertz CT molecular complexity index is 693. The summed E-state index contributed by atoms with van der Waals surface area (Å²) in [6, 6.07) is 12.9. The Morgan fingerprint density at radius 1 is 1.05 bits per heavy atom. The molecule has 0 aliphatic rings. The molecular weight excluding hydrogens is 290 g/mol. The fraction of sp³-hybridized carbons (Fsp3) is 0. The Labute approximate surface area is 126 Å².